The van der Waals surface area contributed by atoms with E-state index in [1.54, 1.807) is 12.1 Å². The van der Waals surface area contributed by atoms with Gasteiger partial charge in [0.1, 0.15) is 30.3 Å². The maximum Gasteiger partial charge on any atom is 0.293 e. The number of carbonyl (C=O) groups excluding carboxylic acids is 1. The lowest BCUT2D eigenvalue weighted by molar-refractivity contribution is -0.384. The molecule has 0 saturated heterocycles. The Balaban J connectivity index is 1.32. The first-order valence-electron chi connectivity index (χ1n) is 9.48. The molecule has 33 heavy (non-hydrogen) atoms. The molecule has 2 aromatic carbocycles. The van der Waals surface area contributed by atoms with E-state index in [1.165, 1.54) is 53.5 Å². The number of hydrogen-bond acceptors (Lipinski definition) is 7. The number of benzene rings is 2. The Bertz CT molecular complexity index is 1300. The number of furan rings is 1. The van der Waals surface area contributed by atoms with Crippen LogP contribution in [-0.4, -0.2) is 25.6 Å². The van der Waals surface area contributed by atoms with Gasteiger partial charge >= 0.3 is 0 Å². The molecule has 1 N–H and O–H groups in total. The average Bonchev–Trinajstić information content (AvgIpc) is 3.44. The molecule has 168 valence electrons. The minimum atomic E-state index is -0.561. The van der Waals surface area contributed by atoms with E-state index in [1.807, 2.05) is 0 Å². The number of nitrogens with zero attached hydrogens (tertiary/aromatic N) is 4. The summed E-state index contributed by atoms with van der Waals surface area (Å²) in [5, 5.41) is 17.6. The van der Waals surface area contributed by atoms with E-state index in [-0.39, 0.29) is 35.6 Å². The van der Waals surface area contributed by atoms with E-state index in [4.69, 9.17) is 20.8 Å². The number of nitrogens with one attached hydrogen (secondary N) is 1. The number of carbonyl (C=O) groups is 1. The zero-order valence-electron chi connectivity index (χ0n) is 16.8. The molecule has 0 spiro atoms. The van der Waals surface area contributed by atoms with E-state index in [0.29, 0.717) is 17.1 Å². The van der Waals surface area contributed by atoms with Gasteiger partial charge in [0, 0.05) is 17.2 Å². The van der Waals surface area contributed by atoms with Crippen LogP contribution in [0, 0.1) is 15.9 Å². The Morgan fingerprint density at radius 2 is 2.00 bits per heavy atom. The number of halogens is 2. The van der Waals surface area contributed by atoms with E-state index in [9.17, 15) is 19.3 Å². The topological polar surface area (TPSA) is 125 Å². The highest BCUT2D eigenvalue weighted by Crippen LogP contribution is 2.20. The molecule has 12 heteroatoms. The lowest BCUT2D eigenvalue weighted by atomic mass is 10.2. The van der Waals surface area contributed by atoms with Crippen molar-refractivity contribution in [1.29, 1.82) is 0 Å². The molecule has 0 bridgehead atoms. The average molecular weight is 472 g/mol. The SMILES string of the molecule is O=C(Nc1ncn(Cc2ccc(F)cc2Cl)n1)c1ccc(COc2ccc([N+](=O)[O-])cc2)o1. The first-order valence-corrected chi connectivity index (χ1v) is 9.86. The monoisotopic (exact) mass is 471 g/mol. The standard InChI is InChI=1S/C21H15ClFN5O5/c22-18-9-14(23)2-1-13(18)10-27-12-24-21(26-27)25-20(29)19-8-7-17(33-19)11-32-16-5-3-15(4-6-16)28(30)31/h1-9,12H,10-11H2,(H,25,26,29). The smallest absolute Gasteiger partial charge is 0.293 e. The Labute approximate surface area is 190 Å². The molecule has 0 atom stereocenters. The summed E-state index contributed by atoms with van der Waals surface area (Å²) in [5.41, 5.74) is 0.598. The number of non-ortho nitro benzene ring substituents is 1. The van der Waals surface area contributed by atoms with Crippen LogP contribution in [0.15, 0.2) is 65.3 Å². The van der Waals surface area contributed by atoms with Gasteiger partial charge in [-0.05, 0) is 42.0 Å². The first-order chi connectivity index (χ1) is 15.9. The number of rotatable bonds is 8. The van der Waals surface area contributed by atoms with Crippen molar-refractivity contribution < 1.29 is 23.3 Å². The lowest BCUT2D eigenvalue weighted by Crippen LogP contribution is -2.12. The third kappa shape index (κ3) is 5.52. The Kier molecular flexibility index (Phi) is 6.31. The molecule has 0 unspecified atom stereocenters. The predicted octanol–water partition coefficient (Wildman–Crippen LogP) is 4.45. The van der Waals surface area contributed by atoms with Crippen molar-refractivity contribution in [2.75, 3.05) is 5.32 Å². The molecule has 0 aliphatic rings. The van der Waals surface area contributed by atoms with Gasteiger partial charge in [-0.25, -0.2) is 14.1 Å². The lowest BCUT2D eigenvalue weighted by Gasteiger charge is -2.04. The minimum absolute atomic E-state index is 0.0234. The van der Waals surface area contributed by atoms with E-state index >= 15 is 0 Å². The van der Waals surface area contributed by atoms with Crippen LogP contribution in [0.3, 0.4) is 0 Å². The van der Waals surface area contributed by atoms with Gasteiger partial charge in [-0.2, -0.15) is 0 Å². The van der Waals surface area contributed by atoms with Crippen molar-refractivity contribution in [3.05, 3.63) is 99.0 Å². The number of nitro benzene ring substituents is 1. The summed E-state index contributed by atoms with van der Waals surface area (Å²) in [6, 6.07) is 12.7. The second-order valence-electron chi connectivity index (χ2n) is 6.76. The van der Waals surface area contributed by atoms with Crippen molar-refractivity contribution >= 4 is 29.1 Å². The summed E-state index contributed by atoms with van der Waals surface area (Å²) in [7, 11) is 0. The third-order valence-electron chi connectivity index (χ3n) is 4.42. The van der Waals surface area contributed by atoms with Gasteiger partial charge in [-0.1, -0.05) is 17.7 Å². The molecule has 0 aliphatic carbocycles. The molecule has 0 radical (unpaired) electrons. The van der Waals surface area contributed by atoms with E-state index in [2.05, 4.69) is 15.4 Å². The summed E-state index contributed by atoms with van der Waals surface area (Å²) in [4.78, 5) is 26.6. The van der Waals surface area contributed by atoms with E-state index in [0.717, 1.165) is 0 Å². The van der Waals surface area contributed by atoms with Gasteiger partial charge in [0.2, 0.25) is 5.95 Å². The molecule has 2 aromatic heterocycles. The van der Waals surface area contributed by atoms with Gasteiger partial charge in [0.05, 0.1) is 11.5 Å². The number of aromatic nitrogens is 3. The Hall–Kier alpha value is -4.25. The van der Waals surface area contributed by atoms with Crippen molar-refractivity contribution in [2.24, 2.45) is 0 Å². The van der Waals surface area contributed by atoms with Crippen LogP contribution in [0.2, 0.25) is 5.02 Å². The summed E-state index contributed by atoms with van der Waals surface area (Å²) in [6.45, 7) is 0.267. The van der Waals surface area contributed by atoms with Crippen molar-refractivity contribution in [2.45, 2.75) is 13.2 Å². The van der Waals surface area contributed by atoms with Crippen LogP contribution in [0.4, 0.5) is 16.0 Å². The molecule has 0 fully saturated rings. The summed E-state index contributed by atoms with van der Waals surface area (Å²) in [6.07, 6.45) is 1.40. The van der Waals surface area contributed by atoms with Crippen LogP contribution in [0.25, 0.3) is 0 Å². The van der Waals surface area contributed by atoms with Gasteiger partial charge < -0.3 is 9.15 Å². The minimum Gasteiger partial charge on any atom is -0.486 e. The number of nitro groups is 1. The third-order valence-corrected chi connectivity index (χ3v) is 4.78. The second kappa shape index (κ2) is 9.49. The largest absolute Gasteiger partial charge is 0.486 e. The summed E-state index contributed by atoms with van der Waals surface area (Å²) in [5.74, 6) is -0.129. The van der Waals surface area contributed by atoms with Gasteiger partial charge in [0.15, 0.2) is 5.76 Å². The van der Waals surface area contributed by atoms with Crippen molar-refractivity contribution in [1.82, 2.24) is 14.8 Å². The van der Waals surface area contributed by atoms with Gasteiger partial charge in [-0.15, -0.1) is 5.10 Å². The quantitative estimate of drug-likeness (QED) is 0.297. The fourth-order valence-electron chi connectivity index (χ4n) is 2.81. The number of anilines is 1. The first kappa shape index (κ1) is 22.0. The fourth-order valence-corrected chi connectivity index (χ4v) is 3.04. The second-order valence-corrected chi connectivity index (χ2v) is 7.17. The molecule has 10 nitrogen and oxygen atoms in total. The van der Waals surface area contributed by atoms with Crippen LogP contribution in [0.1, 0.15) is 21.9 Å². The molecule has 4 rings (SSSR count). The molecular formula is C21H15ClFN5O5. The van der Waals surface area contributed by atoms with Crippen LogP contribution >= 0.6 is 11.6 Å². The Morgan fingerprint density at radius 3 is 2.73 bits per heavy atom. The van der Waals surface area contributed by atoms with Gasteiger partial charge in [0.25, 0.3) is 11.6 Å². The molecule has 1 amide bonds. The Morgan fingerprint density at radius 1 is 1.21 bits per heavy atom. The van der Waals surface area contributed by atoms with Crippen LogP contribution in [-0.2, 0) is 13.2 Å². The summed E-state index contributed by atoms with van der Waals surface area (Å²) < 4.78 is 25.6. The maximum atomic E-state index is 13.2. The van der Waals surface area contributed by atoms with Gasteiger partial charge in [-0.3, -0.25) is 20.2 Å². The zero-order chi connectivity index (χ0) is 23.4. The highest BCUT2D eigenvalue weighted by atomic mass is 35.5. The van der Waals surface area contributed by atoms with Crippen molar-refractivity contribution in [3.8, 4) is 5.75 Å². The molecule has 0 saturated carbocycles. The highest BCUT2D eigenvalue weighted by molar-refractivity contribution is 6.31. The number of ether oxygens (including phenoxy) is 1. The number of amides is 1. The van der Waals surface area contributed by atoms with Crippen LogP contribution < -0.4 is 10.1 Å². The zero-order valence-corrected chi connectivity index (χ0v) is 17.5. The number of hydrogen-bond donors (Lipinski definition) is 1. The van der Waals surface area contributed by atoms with Crippen molar-refractivity contribution in [3.63, 3.8) is 0 Å². The fraction of sp³-hybridized carbons (Fsp3) is 0.0952. The summed E-state index contributed by atoms with van der Waals surface area (Å²) >= 11 is 6.02. The van der Waals surface area contributed by atoms with Crippen LogP contribution in [0.5, 0.6) is 5.75 Å². The molecule has 0 aliphatic heterocycles. The normalized spacial score (nSPS) is 10.7. The van der Waals surface area contributed by atoms with E-state index < -0.39 is 16.6 Å². The molecular weight excluding hydrogens is 457 g/mol. The maximum absolute atomic E-state index is 13.2. The highest BCUT2D eigenvalue weighted by Gasteiger charge is 2.15. The molecule has 4 aromatic rings. The molecule has 2 heterocycles. The predicted molar refractivity (Wildman–Crippen MR) is 115 cm³/mol.